The van der Waals surface area contributed by atoms with Crippen molar-refractivity contribution in [1.29, 1.82) is 0 Å². The SMILES string of the molecule is NCCC[C@@H](CS)NC(=O)[C@@H](N)Cc1ccc(F)cc1.O=C(O)C(F)(F)F.c1ccc2[nH]c(Sc3nc4ccccc4[nH]3)nc2c1. The molecule has 5 aromatic rings. The van der Waals surface area contributed by atoms with Crippen LogP contribution in [0.3, 0.4) is 0 Å². The van der Waals surface area contributed by atoms with Crippen LogP contribution < -0.4 is 16.8 Å². The van der Waals surface area contributed by atoms with Crippen molar-refractivity contribution >= 4 is 58.3 Å². The number of hydrogen-bond acceptors (Lipinski definition) is 8. The summed E-state index contributed by atoms with van der Waals surface area (Å²) in [7, 11) is 0. The van der Waals surface area contributed by atoms with Crippen molar-refractivity contribution in [2.24, 2.45) is 11.5 Å². The minimum Gasteiger partial charge on any atom is -0.475 e. The fourth-order valence-electron chi connectivity index (χ4n) is 3.90. The summed E-state index contributed by atoms with van der Waals surface area (Å²) in [4.78, 5) is 36.5. The number of halogens is 4. The Morgan fingerprint density at radius 1 is 0.935 bits per heavy atom. The van der Waals surface area contributed by atoms with Gasteiger partial charge in [-0.15, -0.1) is 0 Å². The fraction of sp³-hybridized carbons (Fsp3) is 0.267. The predicted molar refractivity (Wildman–Crippen MR) is 172 cm³/mol. The van der Waals surface area contributed by atoms with Gasteiger partial charge >= 0.3 is 12.1 Å². The van der Waals surface area contributed by atoms with E-state index in [-0.39, 0.29) is 17.8 Å². The summed E-state index contributed by atoms with van der Waals surface area (Å²) in [5, 5.41) is 11.7. The number of aromatic amines is 2. The normalized spacial score (nSPS) is 12.4. The predicted octanol–water partition coefficient (Wildman–Crippen LogP) is 5.07. The smallest absolute Gasteiger partial charge is 0.475 e. The molecule has 0 radical (unpaired) electrons. The molecule has 0 fully saturated rings. The van der Waals surface area contributed by atoms with Crippen LogP contribution in [-0.2, 0) is 16.0 Å². The molecular weight excluding hydrogens is 647 g/mol. The van der Waals surface area contributed by atoms with E-state index in [1.54, 1.807) is 12.1 Å². The van der Waals surface area contributed by atoms with Crippen LogP contribution in [0, 0.1) is 5.82 Å². The van der Waals surface area contributed by atoms with Gasteiger partial charge in [-0.05, 0) is 79.5 Å². The Morgan fingerprint density at radius 2 is 1.43 bits per heavy atom. The highest BCUT2D eigenvalue weighted by atomic mass is 32.2. The van der Waals surface area contributed by atoms with Gasteiger partial charge < -0.3 is 31.9 Å². The summed E-state index contributed by atoms with van der Waals surface area (Å²) >= 11 is 5.71. The second kappa shape index (κ2) is 17.5. The van der Waals surface area contributed by atoms with Gasteiger partial charge in [0, 0.05) is 11.8 Å². The van der Waals surface area contributed by atoms with E-state index >= 15 is 0 Å². The largest absolute Gasteiger partial charge is 0.490 e. The lowest BCUT2D eigenvalue weighted by Crippen LogP contribution is -2.47. The van der Waals surface area contributed by atoms with E-state index in [4.69, 9.17) is 21.4 Å². The van der Waals surface area contributed by atoms with Crippen LogP contribution in [-0.4, -0.2) is 67.5 Å². The first-order valence-electron chi connectivity index (χ1n) is 13.9. The minimum atomic E-state index is -5.08. The molecule has 0 spiro atoms. The molecule has 8 N–H and O–H groups in total. The number of benzene rings is 3. The number of imidazole rings is 2. The molecule has 0 unspecified atom stereocenters. The number of nitrogens with two attached hydrogens (primary N) is 2. The number of aromatic nitrogens is 4. The summed E-state index contributed by atoms with van der Waals surface area (Å²) in [5.74, 6) is -2.73. The molecular formula is C30H33F4N7O3S2. The van der Waals surface area contributed by atoms with E-state index in [1.165, 1.54) is 23.9 Å². The number of thiol groups is 1. The third kappa shape index (κ3) is 11.7. The third-order valence-corrected chi connectivity index (χ3v) is 7.41. The van der Waals surface area contributed by atoms with Crippen molar-refractivity contribution < 1.29 is 32.3 Å². The number of carboxylic acid groups (broad SMARTS) is 1. The number of amides is 1. The van der Waals surface area contributed by atoms with E-state index in [0.29, 0.717) is 18.7 Å². The van der Waals surface area contributed by atoms with Gasteiger partial charge in [0.2, 0.25) is 5.91 Å². The molecule has 5 rings (SSSR count). The summed E-state index contributed by atoms with van der Waals surface area (Å²) in [6.07, 6.45) is -3.09. The molecule has 0 saturated heterocycles. The molecule has 3 aromatic carbocycles. The Morgan fingerprint density at radius 3 is 1.87 bits per heavy atom. The van der Waals surface area contributed by atoms with Gasteiger partial charge in [0.25, 0.3) is 0 Å². The van der Waals surface area contributed by atoms with Gasteiger partial charge in [0.05, 0.1) is 28.1 Å². The quantitative estimate of drug-likeness (QED) is 0.0791. The Bertz CT molecular complexity index is 1560. The third-order valence-electron chi connectivity index (χ3n) is 6.20. The summed E-state index contributed by atoms with van der Waals surface area (Å²) in [5.41, 5.74) is 16.2. The molecule has 0 bridgehead atoms. The van der Waals surface area contributed by atoms with Crippen molar-refractivity contribution in [3.05, 3.63) is 84.2 Å². The van der Waals surface area contributed by atoms with Gasteiger partial charge in [-0.25, -0.2) is 19.2 Å². The summed E-state index contributed by atoms with van der Waals surface area (Å²) < 4.78 is 44.5. The van der Waals surface area contributed by atoms with Gasteiger partial charge in [-0.2, -0.15) is 25.8 Å². The highest BCUT2D eigenvalue weighted by Gasteiger charge is 2.38. The van der Waals surface area contributed by atoms with Gasteiger partial charge in [0.15, 0.2) is 10.3 Å². The maximum atomic E-state index is 12.8. The highest BCUT2D eigenvalue weighted by molar-refractivity contribution is 7.99. The van der Waals surface area contributed by atoms with Crippen molar-refractivity contribution in [2.45, 2.75) is 47.8 Å². The van der Waals surface area contributed by atoms with Crippen LogP contribution in [0.4, 0.5) is 17.6 Å². The zero-order valence-electron chi connectivity index (χ0n) is 24.3. The topological polar surface area (TPSA) is 176 Å². The number of aliphatic carboxylic acids is 1. The van der Waals surface area contributed by atoms with E-state index in [9.17, 15) is 22.4 Å². The standard InChI is InChI=1S/C14H22FN3OS.C14H10N4S.C2HF3O2/c15-11-5-3-10(4-6-11)8-13(17)14(19)18-12(9-20)2-1-7-16;1-2-6-10-9(5-1)15-13(16-10)19-14-17-11-7-3-4-8-12(11)18-14;3-2(4,5)1(6)7/h3-6,12-13,20H,1-2,7-9,16-17H2,(H,18,19);1-8H,(H,15,16)(H,17,18);(H,6,7)/t12-,13-;;/m0../s1. The highest BCUT2D eigenvalue weighted by Crippen LogP contribution is 2.26. The fourth-order valence-corrected chi connectivity index (χ4v) is 4.96. The van der Waals surface area contributed by atoms with Gasteiger partial charge in [-0.1, -0.05) is 36.4 Å². The number of nitrogens with one attached hydrogen (secondary N) is 3. The van der Waals surface area contributed by atoms with E-state index in [1.807, 2.05) is 48.5 Å². The van der Waals surface area contributed by atoms with Crippen LogP contribution >= 0.6 is 24.4 Å². The molecule has 0 aliphatic heterocycles. The second-order valence-corrected chi connectivity index (χ2v) is 11.1. The first-order chi connectivity index (χ1) is 21.9. The van der Waals surface area contributed by atoms with E-state index < -0.39 is 18.2 Å². The molecule has 2 heterocycles. The average Bonchev–Trinajstić information content (AvgIpc) is 3.63. The molecule has 246 valence electrons. The maximum Gasteiger partial charge on any atom is 0.490 e. The number of carbonyl (C=O) groups is 2. The van der Waals surface area contributed by atoms with Crippen LogP contribution in [0.25, 0.3) is 22.1 Å². The zero-order valence-corrected chi connectivity index (χ0v) is 26.0. The molecule has 2 atom stereocenters. The monoisotopic (exact) mass is 679 g/mol. The van der Waals surface area contributed by atoms with Crippen LogP contribution in [0.5, 0.6) is 0 Å². The Balaban J connectivity index is 0.000000209. The van der Waals surface area contributed by atoms with Crippen molar-refractivity contribution in [3.8, 4) is 0 Å². The molecule has 46 heavy (non-hydrogen) atoms. The molecule has 0 aliphatic rings. The van der Waals surface area contributed by atoms with Gasteiger partial charge in [-0.3, -0.25) is 4.79 Å². The van der Waals surface area contributed by atoms with Crippen molar-refractivity contribution in [2.75, 3.05) is 12.3 Å². The summed E-state index contributed by atoms with van der Waals surface area (Å²) in [6, 6.07) is 21.3. The average molecular weight is 680 g/mol. The lowest BCUT2D eigenvalue weighted by atomic mass is 10.1. The van der Waals surface area contributed by atoms with E-state index in [0.717, 1.165) is 50.8 Å². The number of para-hydroxylation sites is 4. The van der Waals surface area contributed by atoms with Crippen LogP contribution in [0.2, 0.25) is 0 Å². The molecule has 10 nitrogen and oxygen atoms in total. The van der Waals surface area contributed by atoms with Gasteiger partial charge in [0.1, 0.15) is 5.82 Å². The number of fused-ring (bicyclic) bond motifs is 2. The number of H-pyrrole nitrogens is 2. The number of nitrogens with zero attached hydrogens (tertiary/aromatic N) is 2. The lowest BCUT2D eigenvalue weighted by molar-refractivity contribution is -0.192. The summed E-state index contributed by atoms with van der Waals surface area (Å²) in [6.45, 7) is 0.585. The Hall–Kier alpha value is -4.12. The van der Waals surface area contributed by atoms with Crippen LogP contribution in [0.1, 0.15) is 18.4 Å². The Kier molecular flexibility index (Phi) is 13.9. The number of carbonyl (C=O) groups excluding carboxylic acids is 1. The van der Waals surface area contributed by atoms with E-state index in [2.05, 4.69) is 37.9 Å². The number of hydrogen-bond donors (Lipinski definition) is 7. The molecule has 0 aliphatic carbocycles. The van der Waals surface area contributed by atoms with Crippen LogP contribution in [0.15, 0.2) is 83.1 Å². The van der Waals surface area contributed by atoms with Crippen molar-refractivity contribution in [3.63, 3.8) is 0 Å². The molecule has 0 saturated carbocycles. The lowest BCUT2D eigenvalue weighted by Gasteiger charge is -2.19. The number of alkyl halides is 3. The van der Waals surface area contributed by atoms with Crippen molar-refractivity contribution in [1.82, 2.24) is 25.3 Å². The number of rotatable bonds is 10. The Labute approximate surface area is 271 Å². The molecule has 1 amide bonds. The number of carboxylic acids is 1. The zero-order chi connectivity index (χ0) is 33.7. The first kappa shape index (κ1) is 36.3. The molecule has 16 heteroatoms. The maximum absolute atomic E-state index is 12.8. The molecule has 2 aromatic heterocycles. The minimum absolute atomic E-state index is 0.0198. The second-order valence-electron chi connectivity index (χ2n) is 9.78. The first-order valence-corrected chi connectivity index (χ1v) is 15.3.